The van der Waals surface area contributed by atoms with Crippen molar-refractivity contribution in [2.24, 2.45) is 5.73 Å². The van der Waals surface area contributed by atoms with Crippen LogP contribution in [-0.4, -0.2) is 19.1 Å². The Morgan fingerprint density at radius 2 is 2.26 bits per heavy atom. The first-order valence-electron chi connectivity index (χ1n) is 6.91. The Morgan fingerprint density at radius 1 is 1.47 bits per heavy atom. The molecule has 0 saturated heterocycles. The van der Waals surface area contributed by atoms with Crippen molar-refractivity contribution in [2.75, 3.05) is 7.11 Å². The standard InChI is InChI=1S/C15H20N2O2/c1-19-12-7-4-10-3-2-8-15(14(16)18,13(10)9-12)17-11-5-6-11/h4,7,9,11,17H,2-3,5-6,8H2,1H3,(H2,16,18). The maximum atomic E-state index is 12.1. The molecule has 4 heteroatoms. The molecule has 3 rings (SSSR count). The van der Waals surface area contributed by atoms with Crippen LogP contribution < -0.4 is 15.8 Å². The molecule has 0 aliphatic heterocycles. The quantitative estimate of drug-likeness (QED) is 0.861. The van der Waals surface area contributed by atoms with E-state index < -0.39 is 5.54 Å². The second-order valence-electron chi connectivity index (χ2n) is 5.56. The van der Waals surface area contributed by atoms with Crippen molar-refractivity contribution in [1.29, 1.82) is 0 Å². The minimum atomic E-state index is -0.705. The number of primary amides is 1. The van der Waals surface area contributed by atoms with Gasteiger partial charge in [-0.1, -0.05) is 6.07 Å². The zero-order valence-corrected chi connectivity index (χ0v) is 11.2. The van der Waals surface area contributed by atoms with Crippen molar-refractivity contribution >= 4 is 5.91 Å². The second kappa shape index (κ2) is 4.53. The second-order valence-corrected chi connectivity index (χ2v) is 5.56. The summed E-state index contributed by atoms with van der Waals surface area (Å²) in [6, 6.07) is 6.41. The van der Waals surface area contributed by atoms with E-state index >= 15 is 0 Å². The number of carbonyl (C=O) groups excluding carboxylic acids is 1. The van der Waals surface area contributed by atoms with Crippen LogP contribution in [0.5, 0.6) is 5.75 Å². The zero-order valence-electron chi connectivity index (χ0n) is 11.2. The van der Waals surface area contributed by atoms with Gasteiger partial charge in [-0.25, -0.2) is 0 Å². The first kappa shape index (κ1) is 12.5. The lowest BCUT2D eigenvalue weighted by molar-refractivity contribution is -0.125. The summed E-state index contributed by atoms with van der Waals surface area (Å²) in [4.78, 5) is 12.1. The van der Waals surface area contributed by atoms with Gasteiger partial charge in [-0.05, 0) is 55.4 Å². The van der Waals surface area contributed by atoms with Crippen molar-refractivity contribution in [1.82, 2.24) is 5.32 Å². The first-order chi connectivity index (χ1) is 9.15. The fourth-order valence-electron chi connectivity index (χ4n) is 3.03. The van der Waals surface area contributed by atoms with Gasteiger partial charge in [0, 0.05) is 6.04 Å². The Bertz CT molecular complexity index is 511. The molecule has 0 bridgehead atoms. The Kier molecular flexibility index (Phi) is 2.97. The molecule has 1 amide bonds. The molecule has 2 aliphatic rings. The maximum absolute atomic E-state index is 12.1. The van der Waals surface area contributed by atoms with E-state index in [1.54, 1.807) is 7.11 Å². The number of nitrogens with one attached hydrogen (secondary N) is 1. The molecule has 19 heavy (non-hydrogen) atoms. The molecule has 1 aromatic rings. The molecule has 1 unspecified atom stereocenters. The van der Waals surface area contributed by atoms with Gasteiger partial charge in [0.25, 0.3) is 0 Å². The fraction of sp³-hybridized carbons (Fsp3) is 0.533. The number of nitrogens with two attached hydrogens (primary N) is 1. The van der Waals surface area contributed by atoms with Gasteiger partial charge < -0.3 is 10.5 Å². The van der Waals surface area contributed by atoms with Gasteiger partial charge in [-0.15, -0.1) is 0 Å². The van der Waals surface area contributed by atoms with Crippen LogP contribution in [0, 0.1) is 0 Å². The Hall–Kier alpha value is -1.55. The summed E-state index contributed by atoms with van der Waals surface area (Å²) in [7, 11) is 1.64. The molecular formula is C15H20N2O2. The minimum absolute atomic E-state index is 0.270. The minimum Gasteiger partial charge on any atom is -0.497 e. The van der Waals surface area contributed by atoms with Crippen molar-refractivity contribution in [3.63, 3.8) is 0 Å². The summed E-state index contributed by atoms with van der Waals surface area (Å²) in [5, 5.41) is 3.48. The van der Waals surface area contributed by atoms with Crippen molar-refractivity contribution in [2.45, 2.75) is 43.7 Å². The molecule has 3 N–H and O–H groups in total. The molecule has 0 aromatic heterocycles. The number of ether oxygens (including phenoxy) is 1. The van der Waals surface area contributed by atoms with E-state index in [4.69, 9.17) is 10.5 Å². The van der Waals surface area contributed by atoms with Crippen LogP contribution >= 0.6 is 0 Å². The van der Waals surface area contributed by atoms with E-state index in [0.717, 1.165) is 43.4 Å². The van der Waals surface area contributed by atoms with Gasteiger partial charge in [-0.3, -0.25) is 10.1 Å². The number of carbonyl (C=O) groups is 1. The van der Waals surface area contributed by atoms with E-state index in [1.807, 2.05) is 12.1 Å². The number of methoxy groups -OCH3 is 1. The van der Waals surface area contributed by atoms with Crippen molar-refractivity contribution in [3.8, 4) is 5.75 Å². The van der Waals surface area contributed by atoms with Gasteiger partial charge in [0.15, 0.2) is 0 Å². The summed E-state index contributed by atoms with van der Waals surface area (Å²) in [6.07, 6.45) is 5.03. The molecule has 1 aromatic carbocycles. The van der Waals surface area contributed by atoms with E-state index in [0.29, 0.717) is 6.04 Å². The third-order valence-electron chi connectivity index (χ3n) is 4.22. The summed E-state index contributed by atoms with van der Waals surface area (Å²) >= 11 is 0. The van der Waals surface area contributed by atoms with E-state index in [-0.39, 0.29) is 5.91 Å². The topological polar surface area (TPSA) is 64.3 Å². The highest BCUT2D eigenvalue weighted by atomic mass is 16.5. The van der Waals surface area contributed by atoms with E-state index in [9.17, 15) is 4.79 Å². The highest BCUT2D eigenvalue weighted by Crippen LogP contribution is 2.39. The van der Waals surface area contributed by atoms with Crippen LogP contribution in [0.25, 0.3) is 0 Å². The average molecular weight is 260 g/mol. The number of fused-ring (bicyclic) bond motifs is 1. The fourth-order valence-corrected chi connectivity index (χ4v) is 3.03. The van der Waals surface area contributed by atoms with Crippen molar-refractivity contribution < 1.29 is 9.53 Å². The van der Waals surface area contributed by atoms with Crippen molar-refractivity contribution in [3.05, 3.63) is 29.3 Å². The van der Waals surface area contributed by atoms with Gasteiger partial charge in [0.05, 0.1) is 7.11 Å². The number of rotatable bonds is 4. The molecule has 0 radical (unpaired) electrons. The predicted molar refractivity (Wildman–Crippen MR) is 73.0 cm³/mol. The first-order valence-corrected chi connectivity index (χ1v) is 6.91. The molecule has 102 valence electrons. The van der Waals surface area contributed by atoms with Gasteiger partial charge in [0.1, 0.15) is 11.3 Å². The van der Waals surface area contributed by atoms with E-state index in [1.165, 1.54) is 5.56 Å². The molecule has 1 saturated carbocycles. The van der Waals surface area contributed by atoms with Gasteiger partial charge in [0.2, 0.25) is 5.91 Å². The lowest BCUT2D eigenvalue weighted by Gasteiger charge is -2.37. The SMILES string of the molecule is COc1ccc2c(c1)C(NC1CC1)(C(N)=O)CCC2. The Balaban J connectivity index is 2.08. The summed E-state index contributed by atoms with van der Waals surface area (Å²) < 4.78 is 5.29. The number of aryl methyl sites for hydroxylation is 1. The smallest absolute Gasteiger partial charge is 0.242 e. The van der Waals surface area contributed by atoms with Gasteiger partial charge >= 0.3 is 0 Å². The molecule has 1 fully saturated rings. The molecule has 2 aliphatic carbocycles. The molecule has 0 heterocycles. The normalized spacial score (nSPS) is 25.7. The molecular weight excluding hydrogens is 240 g/mol. The molecule has 1 atom stereocenters. The van der Waals surface area contributed by atoms with Crippen LogP contribution in [0.15, 0.2) is 18.2 Å². The monoisotopic (exact) mass is 260 g/mol. The maximum Gasteiger partial charge on any atom is 0.242 e. The highest BCUT2D eigenvalue weighted by molar-refractivity contribution is 5.87. The van der Waals surface area contributed by atoms with Crippen LogP contribution in [0.1, 0.15) is 36.8 Å². The Labute approximate surface area is 113 Å². The number of amides is 1. The lowest BCUT2D eigenvalue weighted by atomic mass is 9.75. The largest absolute Gasteiger partial charge is 0.497 e. The van der Waals surface area contributed by atoms with Crippen LogP contribution in [0.2, 0.25) is 0 Å². The van der Waals surface area contributed by atoms with Gasteiger partial charge in [-0.2, -0.15) is 0 Å². The summed E-state index contributed by atoms with van der Waals surface area (Å²) in [5.41, 5.74) is 7.26. The average Bonchev–Trinajstić information content (AvgIpc) is 3.22. The predicted octanol–water partition coefficient (Wildman–Crippen LogP) is 1.46. The van der Waals surface area contributed by atoms with Crippen LogP contribution in [-0.2, 0) is 16.8 Å². The van der Waals surface area contributed by atoms with Crippen LogP contribution in [0.3, 0.4) is 0 Å². The molecule has 4 nitrogen and oxygen atoms in total. The number of benzene rings is 1. The third-order valence-corrected chi connectivity index (χ3v) is 4.22. The third kappa shape index (κ3) is 2.10. The number of hydrogen-bond acceptors (Lipinski definition) is 3. The summed E-state index contributed by atoms with van der Waals surface area (Å²) in [5.74, 6) is 0.512. The van der Waals surface area contributed by atoms with Crippen LogP contribution in [0.4, 0.5) is 0 Å². The number of hydrogen-bond donors (Lipinski definition) is 2. The van der Waals surface area contributed by atoms with E-state index in [2.05, 4.69) is 11.4 Å². The lowest BCUT2D eigenvalue weighted by Crippen LogP contribution is -2.55. The zero-order chi connectivity index (χ0) is 13.5. The Morgan fingerprint density at radius 3 is 2.89 bits per heavy atom. The highest BCUT2D eigenvalue weighted by Gasteiger charge is 2.45. The molecule has 0 spiro atoms. The summed E-state index contributed by atoms with van der Waals surface area (Å²) in [6.45, 7) is 0.